The minimum Gasteiger partial charge on any atom is -0.488 e. The Balaban J connectivity index is 2.19. The quantitative estimate of drug-likeness (QED) is 0.681. The summed E-state index contributed by atoms with van der Waals surface area (Å²) < 4.78 is 18.7. The molecule has 19 heavy (non-hydrogen) atoms. The SMILES string of the molecule is Fc1ccc(OCc2c(Cl)cccc2Cl)c(CCl)c1. The Labute approximate surface area is 125 Å². The standard InChI is InChI=1S/C14H10Cl3FO/c15-7-9-6-10(18)4-5-14(9)19-8-11-12(16)2-1-3-13(11)17/h1-6H,7-8H2. The molecule has 5 heteroatoms. The Morgan fingerprint density at radius 2 is 1.74 bits per heavy atom. The van der Waals surface area contributed by atoms with Gasteiger partial charge in [0, 0.05) is 21.2 Å². The molecule has 0 unspecified atom stereocenters. The van der Waals surface area contributed by atoms with E-state index in [9.17, 15) is 4.39 Å². The van der Waals surface area contributed by atoms with E-state index < -0.39 is 0 Å². The van der Waals surface area contributed by atoms with Gasteiger partial charge in [-0.05, 0) is 30.3 Å². The van der Waals surface area contributed by atoms with Crippen molar-refractivity contribution in [3.63, 3.8) is 0 Å². The lowest BCUT2D eigenvalue weighted by Gasteiger charge is -2.12. The van der Waals surface area contributed by atoms with Gasteiger partial charge in [0.1, 0.15) is 18.2 Å². The third kappa shape index (κ3) is 3.53. The Bertz CT molecular complexity index is 567. The van der Waals surface area contributed by atoms with E-state index in [1.165, 1.54) is 18.2 Å². The number of hydrogen-bond acceptors (Lipinski definition) is 1. The molecule has 0 radical (unpaired) electrons. The molecule has 0 spiro atoms. The van der Waals surface area contributed by atoms with Gasteiger partial charge in [-0.1, -0.05) is 29.3 Å². The summed E-state index contributed by atoms with van der Waals surface area (Å²) in [5, 5.41) is 1.06. The van der Waals surface area contributed by atoms with Crippen molar-refractivity contribution in [2.75, 3.05) is 0 Å². The molecule has 2 aromatic rings. The Morgan fingerprint density at radius 1 is 1.05 bits per heavy atom. The first-order chi connectivity index (χ1) is 9.11. The molecule has 0 atom stereocenters. The Kier molecular flexibility index (Phi) is 4.92. The number of halogens is 4. The molecule has 0 aromatic heterocycles. The van der Waals surface area contributed by atoms with Crippen LogP contribution in [0.4, 0.5) is 4.39 Å². The minimum absolute atomic E-state index is 0.170. The molecule has 0 saturated carbocycles. The fourth-order valence-corrected chi connectivity index (χ4v) is 2.33. The summed E-state index contributed by atoms with van der Waals surface area (Å²) in [6, 6.07) is 9.43. The van der Waals surface area contributed by atoms with Crippen molar-refractivity contribution in [1.82, 2.24) is 0 Å². The van der Waals surface area contributed by atoms with Gasteiger partial charge in [0.05, 0.1) is 5.88 Å². The Hall–Kier alpha value is -0.960. The van der Waals surface area contributed by atoms with Crippen LogP contribution in [0.3, 0.4) is 0 Å². The van der Waals surface area contributed by atoms with Gasteiger partial charge < -0.3 is 4.74 Å². The topological polar surface area (TPSA) is 9.23 Å². The maximum atomic E-state index is 13.1. The van der Waals surface area contributed by atoms with Gasteiger partial charge in [0.2, 0.25) is 0 Å². The van der Waals surface area contributed by atoms with E-state index in [4.69, 9.17) is 39.5 Å². The molecule has 2 rings (SSSR count). The molecule has 100 valence electrons. The van der Waals surface area contributed by atoms with Crippen LogP contribution in [-0.4, -0.2) is 0 Å². The van der Waals surface area contributed by atoms with E-state index in [1.807, 2.05) is 0 Å². The van der Waals surface area contributed by atoms with Crippen molar-refractivity contribution in [1.29, 1.82) is 0 Å². The van der Waals surface area contributed by atoms with Crippen LogP contribution in [0.15, 0.2) is 36.4 Å². The van der Waals surface area contributed by atoms with Crippen molar-refractivity contribution in [3.8, 4) is 5.75 Å². The first kappa shape index (κ1) is 14.4. The van der Waals surface area contributed by atoms with E-state index in [2.05, 4.69) is 0 Å². The van der Waals surface area contributed by atoms with Gasteiger partial charge in [0.25, 0.3) is 0 Å². The lowest BCUT2D eigenvalue weighted by molar-refractivity contribution is 0.303. The summed E-state index contributed by atoms with van der Waals surface area (Å²) in [5.41, 5.74) is 1.28. The fourth-order valence-electron chi connectivity index (χ4n) is 1.61. The highest BCUT2D eigenvalue weighted by Crippen LogP contribution is 2.27. The number of ether oxygens (including phenoxy) is 1. The lowest BCUT2D eigenvalue weighted by atomic mass is 10.2. The maximum Gasteiger partial charge on any atom is 0.124 e. The van der Waals surface area contributed by atoms with Crippen LogP contribution >= 0.6 is 34.8 Å². The van der Waals surface area contributed by atoms with Crippen molar-refractivity contribution >= 4 is 34.8 Å². The molecule has 0 amide bonds. The highest BCUT2D eigenvalue weighted by molar-refractivity contribution is 6.35. The number of rotatable bonds is 4. The van der Waals surface area contributed by atoms with Crippen LogP contribution in [-0.2, 0) is 12.5 Å². The molecule has 0 N–H and O–H groups in total. The predicted octanol–water partition coefficient (Wildman–Crippen LogP) is 5.45. The Morgan fingerprint density at radius 3 is 2.37 bits per heavy atom. The van der Waals surface area contributed by atoms with Crippen molar-refractivity contribution in [2.24, 2.45) is 0 Å². The molecule has 0 bridgehead atoms. The van der Waals surface area contributed by atoms with Gasteiger partial charge in [-0.2, -0.15) is 0 Å². The summed E-state index contributed by atoms with van der Waals surface area (Å²) in [5.74, 6) is 0.342. The third-order valence-electron chi connectivity index (χ3n) is 2.60. The van der Waals surface area contributed by atoms with Gasteiger partial charge >= 0.3 is 0 Å². The number of hydrogen-bond donors (Lipinski definition) is 0. The zero-order chi connectivity index (χ0) is 13.8. The summed E-state index contributed by atoms with van der Waals surface area (Å²) >= 11 is 17.8. The summed E-state index contributed by atoms with van der Waals surface area (Å²) in [6.45, 7) is 0.202. The lowest BCUT2D eigenvalue weighted by Crippen LogP contribution is -2.00. The second kappa shape index (κ2) is 6.47. The molecule has 2 aromatic carbocycles. The maximum absolute atomic E-state index is 13.1. The highest BCUT2D eigenvalue weighted by atomic mass is 35.5. The first-order valence-corrected chi connectivity index (χ1v) is 6.81. The van der Waals surface area contributed by atoms with Crippen LogP contribution in [0.1, 0.15) is 11.1 Å². The van der Waals surface area contributed by atoms with Gasteiger partial charge in [-0.15, -0.1) is 11.6 Å². The van der Waals surface area contributed by atoms with Gasteiger partial charge in [-0.25, -0.2) is 4.39 Å². The molecule has 0 heterocycles. The molecule has 0 aliphatic heterocycles. The van der Waals surface area contributed by atoms with E-state index >= 15 is 0 Å². The number of alkyl halides is 1. The molecule has 0 aliphatic rings. The zero-order valence-corrected chi connectivity index (χ0v) is 12.1. The predicted molar refractivity (Wildman–Crippen MR) is 76.8 cm³/mol. The molecule has 0 saturated heterocycles. The first-order valence-electron chi connectivity index (χ1n) is 5.52. The average molecular weight is 320 g/mol. The second-order valence-electron chi connectivity index (χ2n) is 3.87. The molecular weight excluding hydrogens is 310 g/mol. The molecule has 0 fully saturated rings. The average Bonchev–Trinajstić information content (AvgIpc) is 2.39. The third-order valence-corrected chi connectivity index (χ3v) is 3.60. The summed E-state index contributed by atoms with van der Waals surface area (Å²) in [6.07, 6.45) is 0. The normalized spacial score (nSPS) is 10.5. The minimum atomic E-state index is -0.348. The smallest absolute Gasteiger partial charge is 0.124 e. The van der Waals surface area contributed by atoms with E-state index in [0.717, 1.165) is 0 Å². The van der Waals surface area contributed by atoms with E-state index in [-0.39, 0.29) is 18.3 Å². The fraction of sp³-hybridized carbons (Fsp3) is 0.143. The van der Waals surface area contributed by atoms with Crippen molar-refractivity contribution < 1.29 is 9.13 Å². The van der Waals surface area contributed by atoms with E-state index in [0.29, 0.717) is 26.9 Å². The monoisotopic (exact) mass is 318 g/mol. The summed E-state index contributed by atoms with van der Waals surface area (Å²) in [4.78, 5) is 0. The van der Waals surface area contributed by atoms with Gasteiger partial charge in [0.15, 0.2) is 0 Å². The zero-order valence-electron chi connectivity index (χ0n) is 9.80. The second-order valence-corrected chi connectivity index (χ2v) is 4.96. The van der Waals surface area contributed by atoms with Crippen LogP contribution in [0.5, 0.6) is 5.75 Å². The van der Waals surface area contributed by atoms with Crippen LogP contribution in [0.2, 0.25) is 10.0 Å². The van der Waals surface area contributed by atoms with Crippen LogP contribution in [0.25, 0.3) is 0 Å². The molecular formula is C14H10Cl3FO. The largest absolute Gasteiger partial charge is 0.488 e. The van der Waals surface area contributed by atoms with Gasteiger partial charge in [-0.3, -0.25) is 0 Å². The number of benzene rings is 2. The molecule has 1 nitrogen and oxygen atoms in total. The van der Waals surface area contributed by atoms with Crippen LogP contribution < -0.4 is 4.74 Å². The molecule has 0 aliphatic carbocycles. The van der Waals surface area contributed by atoms with Crippen molar-refractivity contribution in [2.45, 2.75) is 12.5 Å². The summed E-state index contributed by atoms with van der Waals surface area (Å²) in [7, 11) is 0. The van der Waals surface area contributed by atoms with Crippen molar-refractivity contribution in [3.05, 3.63) is 63.4 Å². The highest BCUT2D eigenvalue weighted by Gasteiger charge is 2.09. The van der Waals surface area contributed by atoms with Crippen LogP contribution in [0, 0.1) is 5.82 Å². The van der Waals surface area contributed by atoms with E-state index in [1.54, 1.807) is 18.2 Å².